The number of rotatable bonds is 3. The van der Waals surface area contributed by atoms with Gasteiger partial charge in [0.2, 0.25) is 0 Å². The molecule has 0 atom stereocenters. The summed E-state index contributed by atoms with van der Waals surface area (Å²) in [6.45, 7) is 0.527. The largest absolute Gasteiger partial charge is 0.481 e. The molecule has 0 heterocycles. The zero-order valence-electron chi connectivity index (χ0n) is 6.38. The fraction of sp³-hybridized carbons (Fsp3) is 0.857. The molecule has 0 amide bonds. The normalized spacial score (nSPS) is 19.7. The molecule has 0 spiro atoms. The molecule has 1 fully saturated rings. The van der Waals surface area contributed by atoms with Crippen LogP contribution in [0.5, 0.6) is 0 Å². The van der Waals surface area contributed by atoms with E-state index in [4.69, 9.17) is 10.8 Å². The Labute approximate surface area is 72.4 Å². The van der Waals surface area contributed by atoms with Crippen LogP contribution < -0.4 is 5.73 Å². The fourth-order valence-electron chi connectivity index (χ4n) is 1.45. The smallest absolute Gasteiger partial charge is 0.303 e. The van der Waals surface area contributed by atoms with E-state index in [1.807, 2.05) is 0 Å². The van der Waals surface area contributed by atoms with Gasteiger partial charge in [-0.2, -0.15) is 0 Å². The highest BCUT2D eigenvalue weighted by molar-refractivity contribution is 5.85. The van der Waals surface area contributed by atoms with Gasteiger partial charge >= 0.3 is 5.97 Å². The lowest BCUT2D eigenvalue weighted by Crippen LogP contribution is -2.39. The molecule has 0 aromatic carbocycles. The standard InChI is InChI=1S/C7H13NO2.ClH/c8-5-7(2-1-3-7)4-6(9)10;/h1-5,8H2,(H,9,10);1H. The summed E-state index contributed by atoms with van der Waals surface area (Å²) in [5.74, 6) is -0.717. The third-order valence-electron chi connectivity index (χ3n) is 2.37. The number of carboxylic acids is 1. The maximum atomic E-state index is 10.3. The Morgan fingerprint density at radius 3 is 2.18 bits per heavy atom. The monoisotopic (exact) mass is 179 g/mol. The molecule has 66 valence electrons. The van der Waals surface area contributed by atoms with Gasteiger partial charge in [-0.25, -0.2) is 0 Å². The average molecular weight is 180 g/mol. The molecule has 0 radical (unpaired) electrons. The van der Waals surface area contributed by atoms with Crippen molar-refractivity contribution in [3.05, 3.63) is 0 Å². The molecule has 3 nitrogen and oxygen atoms in total. The van der Waals surface area contributed by atoms with Crippen molar-refractivity contribution in [2.75, 3.05) is 6.54 Å². The van der Waals surface area contributed by atoms with Gasteiger partial charge in [-0.15, -0.1) is 12.4 Å². The molecule has 0 saturated heterocycles. The predicted octanol–water partition coefficient (Wildman–Crippen LogP) is 1.01. The first-order valence-electron chi connectivity index (χ1n) is 3.60. The third-order valence-corrected chi connectivity index (χ3v) is 2.37. The molecule has 0 aromatic rings. The van der Waals surface area contributed by atoms with Crippen LogP contribution in [0.4, 0.5) is 0 Å². The van der Waals surface area contributed by atoms with Crippen molar-refractivity contribution in [3.63, 3.8) is 0 Å². The lowest BCUT2D eigenvalue weighted by Gasteiger charge is -2.39. The van der Waals surface area contributed by atoms with Crippen LogP contribution in [0.3, 0.4) is 0 Å². The summed E-state index contributed by atoms with van der Waals surface area (Å²) in [5.41, 5.74) is 5.42. The summed E-state index contributed by atoms with van der Waals surface area (Å²) >= 11 is 0. The second-order valence-electron chi connectivity index (χ2n) is 3.13. The van der Waals surface area contributed by atoms with Gasteiger partial charge in [0, 0.05) is 0 Å². The first-order valence-corrected chi connectivity index (χ1v) is 3.60. The van der Waals surface area contributed by atoms with Crippen LogP contribution in [-0.4, -0.2) is 17.6 Å². The van der Waals surface area contributed by atoms with Gasteiger partial charge in [0.05, 0.1) is 6.42 Å². The molecule has 0 aromatic heterocycles. The van der Waals surface area contributed by atoms with E-state index in [1.54, 1.807) is 0 Å². The molecule has 1 rings (SSSR count). The summed E-state index contributed by atoms with van der Waals surface area (Å²) in [6, 6.07) is 0. The second kappa shape index (κ2) is 3.93. The predicted molar refractivity (Wildman–Crippen MR) is 44.8 cm³/mol. The lowest BCUT2D eigenvalue weighted by molar-refractivity contribution is -0.141. The maximum absolute atomic E-state index is 10.3. The van der Waals surface area contributed by atoms with Crippen molar-refractivity contribution in [1.82, 2.24) is 0 Å². The highest BCUT2D eigenvalue weighted by atomic mass is 35.5. The van der Waals surface area contributed by atoms with Crippen molar-refractivity contribution in [2.45, 2.75) is 25.7 Å². The molecule has 1 saturated carbocycles. The molecule has 1 aliphatic rings. The van der Waals surface area contributed by atoms with E-state index >= 15 is 0 Å². The number of carboxylic acid groups (broad SMARTS) is 1. The molecule has 1 aliphatic carbocycles. The van der Waals surface area contributed by atoms with E-state index < -0.39 is 5.97 Å². The topological polar surface area (TPSA) is 63.3 Å². The molecule has 3 N–H and O–H groups in total. The number of halogens is 1. The van der Waals surface area contributed by atoms with Gasteiger partial charge < -0.3 is 10.8 Å². The Bertz CT molecular complexity index is 140. The molecular weight excluding hydrogens is 166 g/mol. The fourth-order valence-corrected chi connectivity index (χ4v) is 1.45. The maximum Gasteiger partial charge on any atom is 0.303 e. The zero-order valence-corrected chi connectivity index (χ0v) is 7.19. The zero-order chi connectivity index (χ0) is 7.61. The van der Waals surface area contributed by atoms with Crippen LogP contribution in [0, 0.1) is 5.41 Å². The molecule has 0 bridgehead atoms. The first kappa shape index (κ1) is 10.7. The van der Waals surface area contributed by atoms with Crippen molar-refractivity contribution < 1.29 is 9.90 Å². The highest BCUT2D eigenvalue weighted by Gasteiger charge is 2.37. The lowest BCUT2D eigenvalue weighted by atomic mass is 9.67. The van der Waals surface area contributed by atoms with Gasteiger partial charge in [0.1, 0.15) is 0 Å². The van der Waals surface area contributed by atoms with E-state index in [1.165, 1.54) is 0 Å². The van der Waals surface area contributed by atoms with Crippen molar-refractivity contribution in [2.24, 2.45) is 11.1 Å². The van der Waals surface area contributed by atoms with Crippen LogP contribution in [-0.2, 0) is 4.79 Å². The van der Waals surface area contributed by atoms with Crippen LogP contribution in [0.1, 0.15) is 25.7 Å². The average Bonchev–Trinajstić information content (AvgIpc) is 1.78. The minimum absolute atomic E-state index is 0. The van der Waals surface area contributed by atoms with Gasteiger partial charge in [0.15, 0.2) is 0 Å². The Kier molecular flexibility index (Phi) is 3.83. The van der Waals surface area contributed by atoms with Crippen molar-refractivity contribution in [3.8, 4) is 0 Å². The third kappa shape index (κ3) is 2.34. The van der Waals surface area contributed by atoms with Crippen LogP contribution in [0.25, 0.3) is 0 Å². The number of hydrogen-bond donors (Lipinski definition) is 2. The molecular formula is C7H14ClNO2. The van der Waals surface area contributed by atoms with E-state index in [9.17, 15) is 4.79 Å². The minimum atomic E-state index is -0.717. The molecule has 11 heavy (non-hydrogen) atoms. The summed E-state index contributed by atoms with van der Waals surface area (Å²) < 4.78 is 0. The molecule has 4 heteroatoms. The first-order chi connectivity index (χ1) is 4.68. The summed E-state index contributed by atoms with van der Waals surface area (Å²) in [5, 5.41) is 8.49. The van der Waals surface area contributed by atoms with Crippen LogP contribution >= 0.6 is 12.4 Å². The Balaban J connectivity index is 0.000001000. The summed E-state index contributed by atoms with van der Waals surface area (Å²) in [7, 11) is 0. The number of hydrogen-bond acceptors (Lipinski definition) is 2. The van der Waals surface area contributed by atoms with E-state index in [0.29, 0.717) is 6.54 Å². The minimum Gasteiger partial charge on any atom is -0.481 e. The number of carbonyl (C=O) groups is 1. The quantitative estimate of drug-likeness (QED) is 0.680. The van der Waals surface area contributed by atoms with E-state index in [0.717, 1.165) is 19.3 Å². The number of aliphatic carboxylic acids is 1. The van der Waals surface area contributed by atoms with Gasteiger partial charge in [-0.3, -0.25) is 4.79 Å². The van der Waals surface area contributed by atoms with Crippen molar-refractivity contribution in [1.29, 1.82) is 0 Å². The Hall–Kier alpha value is -0.280. The Morgan fingerprint density at radius 2 is 2.09 bits per heavy atom. The van der Waals surface area contributed by atoms with Gasteiger partial charge in [0.25, 0.3) is 0 Å². The van der Waals surface area contributed by atoms with Gasteiger partial charge in [-0.1, -0.05) is 6.42 Å². The van der Waals surface area contributed by atoms with Crippen LogP contribution in [0.2, 0.25) is 0 Å². The van der Waals surface area contributed by atoms with Crippen molar-refractivity contribution >= 4 is 18.4 Å². The van der Waals surface area contributed by atoms with E-state index in [-0.39, 0.29) is 24.2 Å². The SMILES string of the molecule is Cl.NCC1(CC(=O)O)CCC1. The number of nitrogens with two attached hydrogens (primary N) is 1. The Morgan fingerprint density at radius 1 is 1.55 bits per heavy atom. The molecule has 0 unspecified atom stereocenters. The molecule has 0 aliphatic heterocycles. The summed E-state index contributed by atoms with van der Waals surface area (Å²) in [6.07, 6.45) is 3.39. The van der Waals surface area contributed by atoms with Gasteiger partial charge in [-0.05, 0) is 24.8 Å². The van der Waals surface area contributed by atoms with Crippen LogP contribution in [0.15, 0.2) is 0 Å². The van der Waals surface area contributed by atoms with E-state index in [2.05, 4.69) is 0 Å². The summed E-state index contributed by atoms with van der Waals surface area (Å²) in [4.78, 5) is 10.3. The second-order valence-corrected chi connectivity index (χ2v) is 3.13. The highest BCUT2D eigenvalue weighted by Crippen LogP contribution is 2.42.